The van der Waals surface area contributed by atoms with Crippen molar-refractivity contribution < 1.29 is 14.3 Å². The maximum atomic E-state index is 13.6. The zero-order chi connectivity index (χ0) is 14.7. The van der Waals surface area contributed by atoms with Crippen molar-refractivity contribution in [2.75, 3.05) is 11.1 Å². The van der Waals surface area contributed by atoms with Gasteiger partial charge in [-0.3, -0.25) is 0 Å². The van der Waals surface area contributed by atoms with Crippen LogP contribution in [0.25, 0.3) is 0 Å². The zero-order valence-electron chi connectivity index (χ0n) is 11.0. The molecule has 2 aromatic carbocycles. The maximum Gasteiger partial charge on any atom is 0.338 e. The number of benzene rings is 2. The van der Waals surface area contributed by atoms with Crippen molar-refractivity contribution in [3.8, 4) is 0 Å². The van der Waals surface area contributed by atoms with Gasteiger partial charge >= 0.3 is 5.97 Å². The van der Waals surface area contributed by atoms with E-state index in [0.717, 1.165) is 23.3 Å². The second-order valence-electron chi connectivity index (χ2n) is 4.50. The molecule has 20 heavy (non-hydrogen) atoms. The summed E-state index contributed by atoms with van der Waals surface area (Å²) in [5, 5.41) is 11.8. The highest BCUT2D eigenvalue weighted by Crippen LogP contribution is 2.24. The van der Waals surface area contributed by atoms with Crippen molar-refractivity contribution in [1.29, 1.82) is 0 Å². The van der Waals surface area contributed by atoms with Gasteiger partial charge in [-0.2, -0.15) is 0 Å². The van der Waals surface area contributed by atoms with Crippen molar-refractivity contribution >= 4 is 17.3 Å². The van der Waals surface area contributed by atoms with E-state index in [4.69, 9.17) is 10.8 Å². The highest BCUT2D eigenvalue weighted by molar-refractivity contribution is 5.90. The van der Waals surface area contributed by atoms with Gasteiger partial charge < -0.3 is 16.2 Å². The van der Waals surface area contributed by atoms with Crippen LogP contribution < -0.4 is 11.1 Å². The fraction of sp³-hybridized carbons (Fsp3) is 0.133. The average molecular weight is 274 g/mol. The molecule has 0 saturated carbocycles. The number of aromatic carboxylic acids is 1. The van der Waals surface area contributed by atoms with E-state index in [1.54, 1.807) is 0 Å². The van der Waals surface area contributed by atoms with Gasteiger partial charge in [0.25, 0.3) is 0 Å². The quantitative estimate of drug-likeness (QED) is 0.749. The van der Waals surface area contributed by atoms with E-state index in [1.165, 1.54) is 0 Å². The number of hydrogen-bond donors (Lipinski definition) is 3. The van der Waals surface area contributed by atoms with E-state index in [2.05, 4.69) is 5.32 Å². The number of hydrogen-bond acceptors (Lipinski definition) is 3. The summed E-state index contributed by atoms with van der Waals surface area (Å²) in [5.74, 6) is -2.14. The number of nitrogen functional groups attached to an aromatic ring is 1. The zero-order valence-corrected chi connectivity index (χ0v) is 11.0. The van der Waals surface area contributed by atoms with E-state index >= 15 is 0 Å². The minimum Gasteiger partial charge on any atom is -0.478 e. The molecule has 0 aliphatic carbocycles. The number of rotatable bonds is 4. The Balaban J connectivity index is 2.21. The topological polar surface area (TPSA) is 75.3 Å². The standard InChI is InChI=1S/C15H15FN2O2/c1-9-4-2-3-5-10(9)8-18-14-7-12(16)11(15(19)20)6-13(14)17/h2-7,18H,8,17H2,1H3,(H,19,20). The van der Waals surface area contributed by atoms with Crippen LogP contribution in [0, 0.1) is 12.7 Å². The SMILES string of the molecule is Cc1ccccc1CNc1cc(F)c(C(=O)O)cc1N. The molecule has 2 aromatic rings. The predicted octanol–water partition coefficient (Wildman–Crippen LogP) is 3.03. The molecule has 0 bridgehead atoms. The fourth-order valence-electron chi connectivity index (χ4n) is 1.91. The van der Waals surface area contributed by atoms with Crippen molar-refractivity contribution in [2.45, 2.75) is 13.5 Å². The number of anilines is 2. The van der Waals surface area contributed by atoms with Gasteiger partial charge in [0.05, 0.1) is 16.9 Å². The van der Waals surface area contributed by atoms with Gasteiger partial charge in [-0.1, -0.05) is 24.3 Å². The molecule has 5 heteroatoms. The number of halogens is 1. The number of carboxylic acids is 1. The van der Waals surface area contributed by atoms with E-state index in [-0.39, 0.29) is 5.69 Å². The summed E-state index contributed by atoms with van der Waals surface area (Å²) in [5.41, 5.74) is 8.08. The summed E-state index contributed by atoms with van der Waals surface area (Å²) < 4.78 is 13.6. The maximum absolute atomic E-state index is 13.6. The first kappa shape index (κ1) is 13.9. The van der Waals surface area contributed by atoms with Crippen LogP contribution in [0.5, 0.6) is 0 Å². The highest BCUT2D eigenvalue weighted by atomic mass is 19.1. The molecule has 0 amide bonds. The van der Waals surface area contributed by atoms with Gasteiger partial charge in [0.15, 0.2) is 0 Å². The van der Waals surface area contributed by atoms with Gasteiger partial charge in [-0.25, -0.2) is 9.18 Å². The van der Waals surface area contributed by atoms with Crippen LogP contribution in [0.1, 0.15) is 21.5 Å². The molecule has 0 radical (unpaired) electrons. The lowest BCUT2D eigenvalue weighted by molar-refractivity contribution is 0.0692. The van der Waals surface area contributed by atoms with Gasteiger partial charge in [-0.15, -0.1) is 0 Å². The fourth-order valence-corrected chi connectivity index (χ4v) is 1.91. The summed E-state index contributed by atoms with van der Waals surface area (Å²) in [6, 6.07) is 10.0. The van der Waals surface area contributed by atoms with Crippen LogP contribution >= 0.6 is 0 Å². The molecule has 104 valence electrons. The third-order valence-corrected chi connectivity index (χ3v) is 3.10. The third-order valence-electron chi connectivity index (χ3n) is 3.10. The largest absolute Gasteiger partial charge is 0.478 e. The summed E-state index contributed by atoms with van der Waals surface area (Å²) in [4.78, 5) is 10.8. The average Bonchev–Trinajstić information content (AvgIpc) is 2.40. The van der Waals surface area contributed by atoms with Crippen LogP contribution in [-0.4, -0.2) is 11.1 Å². The molecule has 0 saturated heterocycles. The molecule has 4 nitrogen and oxygen atoms in total. The lowest BCUT2D eigenvalue weighted by Gasteiger charge is -2.12. The molecule has 0 fully saturated rings. The van der Waals surface area contributed by atoms with Crippen LogP contribution in [0.15, 0.2) is 36.4 Å². The Morgan fingerprint density at radius 2 is 2.05 bits per heavy atom. The molecular weight excluding hydrogens is 259 g/mol. The summed E-state index contributed by atoms with van der Waals surface area (Å²) in [6.45, 7) is 2.47. The Kier molecular flexibility index (Phi) is 3.89. The van der Waals surface area contributed by atoms with Crippen molar-refractivity contribution in [3.05, 3.63) is 58.9 Å². The van der Waals surface area contributed by atoms with Crippen molar-refractivity contribution in [3.63, 3.8) is 0 Å². The van der Waals surface area contributed by atoms with Crippen LogP contribution in [-0.2, 0) is 6.54 Å². The number of nitrogens with two attached hydrogens (primary N) is 1. The Morgan fingerprint density at radius 1 is 1.35 bits per heavy atom. The van der Waals surface area contributed by atoms with E-state index in [0.29, 0.717) is 12.2 Å². The number of carbonyl (C=O) groups is 1. The molecule has 0 aliphatic heterocycles. The second-order valence-corrected chi connectivity index (χ2v) is 4.50. The molecule has 0 aromatic heterocycles. The van der Waals surface area contributed by atoms with Gasteiger partial charge in [0, 0.05) is 6.54 Å². The summed E-state index contributed by atoms with van der Waals surface area (Å²) >= 11 is 0. The Bertz CT molecular complexity index is 656. The molecule has 0 unspecified atom stereocenters. The highest BCUT2D eigenvalue weighted by Gasteiger charge is 2.13. The van der Waals surface area contributed by atoms with E-state index < -0.39 is 17.3 Å². The summed E-state index contributed by atoms with van der Waals surface area (Å²) in [7, 11) is 0. The number of aryl methyl sites for hydroxylation is 1. The van der Waals surface area contributed by atoms with E-state index in [9.17, 15) is 9.18 Å². The minimum atomic E-state index is -1.33. The smallest absolute Gasteiger partial charge is 0.338 e. The Labute approximate surface area is 116 Å². The van der Waals surface area contributed by atoms with Gasteiger partial charge in [-0.05, 0) is 30.2 Å². The number of nitrogens with one attached hydrogen (secondary N) is 1. The van der Waals surface area contributed by atoms with Gasteiger partial charge in [0.1, 0.15) is 5.82 Å². The summed E-state index contributed by atoms with van der Waals surface area (Å²) in [6.07, 6.45) is 0. The molecule has 0 aliphatic rings. The van der Waals surface area contributed by atoms with Crippen LogP contribution in [0.2, 0.25) is 0 Å². The minimum absolute atomic E-state index is 0.206. The molecule has 0 heterocycles. The second kappa shape index (κ2) is 5.61. The molecule has 4 N–H and O–H groups in total. The van der Waals surface area contributed by atoms with Crippen LogP contribution in [0.3, 0.4) is 0 Å². The monoisotopic (exact) mass is 274 g/mol. The van der Waals surface area contributed by atoms with Crippen molar-refractivity contribution in [2.24, 2.45) is 0 Å². The van der Waals surface area contributed by atoms with Crippen LogP contribution in [0.4, 0.5) is 15.8 Å². The predicted molar refractivity (Wildman–Crippen MR) is 76.3 cm³/mol. The van der Waals surface area contributed by atoms with Crippen molar-refractivity contribution in [1.82, 2.24) is 0 Å². The first-order valence-electron chi connectivity index (χ1n) is 6.09. The Hall–Kier alpha value is -2.56. The molecule has 2 rings (SSSR count). The third kappa shape index (κ3) is 2.88. The first-order valence-corrected chi connectivity index (χ1v) is 6.09. The van der Waals surface area contributed by atoms with E-state index in [1.807, 2.05) is 31.2 Å². The molecule has 0 spiro atoms. The molecular formula is C15H15FN2O2. The Morgan fingerprint density at radius 3 is 2.70 bits per heavy atom. The van der Waals surface area contributed by atoms with Gasteiger partial charge in [0.2, 0.25) is 0 Å². The number of carboxylic acid groups (broad SMARTS) is 1. The normalized spacial score (nSPS) is 10.3. The molecule has 0 atom stereocenters. The first-order chi connectivity index (χ1) is 9.49. The lowest BCUT2D eigenvalue weighted by atomic mass is 10.1. The lowest BCUT2D eigenvalue weighted by Crippen LogP contribution is -2.07.